The Balaban J connectivity index is 2.06. The van der Waals surface area contributed by atoms with Gasteiger partial charge in [-0.15, -0.1) is 4.83 Å². The number of sulfonamides is 1. The number of amides is 1. The molecule has 0 aliphatic rings. The van der Waals surface area contributed by atoms with Crippen LogP contribution in [0.3, 0.4) is 0 Å². The summed E-state index contributed by atoms with van der Waals surface area (Å²) < 4.78 is 66.4. The van der Waals surface area contributed by atoms with Gasteiger partial charge >= 0.3 is 6.18 Å². The van der Waals surface area contributed by atoms with Gasteiger partial charge in [-0.05, 0) is 48.5 Å². The predicted octanol–water partition coefficient (Wildman–Crippen LogP) is 2.34. The lowest BCUT2D eigenvalue weighted by molar-refractivity contribution is -0.137. The van der Waals surface area contributed by atoms with Crippen molar-refractivity contribution in [3.05, 3.63) is 59.7 Å². The first-order valence-electron chi connectivity index (χ1n) is 6.77. The lowest BCUT2D eigenvalue weighted by Crippen LogP contribution is -2.41. The minimum absolute atomic E-state index is 0.163. The lowest BCUT2D eigenvalue weighted by atomic mass is 10.2. The van der Waals surface area contributed by atoms with Crippen LogP contribution in [0.5, 0.6) is 5.75 Å². The summed E-state index contributed by atoms with van der Waals surface area (Å²) in [4.78, 5) is 13.3. The summed E-state index contributed by atoms with van der Waals surface area (Å²) in [5.41, 5.74) is 1.16. The molecule has 0 radical (unpaired) electrons. The average Bonchev–Trinajstić information content (AvgIpc) is 2.59. The fourth-order valence-electron chi connectivity index (χ4n) is 1.81. The Morgan fingerprint density at radius 3 is 2.04 bits per heavy atom. The number of methoxy groups -OCH3 is 1. The van der Waals surface area contributed by atoms with Crippen molar-refractivity contribution in [1.82, 2.24) is 10.3 Å². The Bertz CT molecular complexity index is 848. The molecule has 0 aliphatic heterocycles. The Kier molecular flexibility index (Phi) is 5.33. The van der Waals surface area contributed by atoms with Crippen LogP contribution in [-0.2, 0) is 16.2 Å². The molecular weight excluding hydrogens is 361 g/mol. The number of carbonyl (C=O) groups is 1. The maximum absolute atomic E-state index is 12.5. The maximum atomic E-state index is 12.5. The van der Waals surface area contributed by atoms with E-state index in [1.807, 2.05) is 10.3 Å². The molecule has 0 heterocycles. The molecule has 6 nitrogen and oxygen atoms in total. The van der Waals surface area contributed by atoms with Crippen molar-refractivity contribution in [3.63, 3.8) is 0 Å². The van der Waals surface area contributed by atoms with Gasteiger partial charge in [0.05, 0.1) is 17.6 Å². The van der Waals surface area contributed by atoms with E-state index in [2.05, 4.69) is 0 Å². The van der Waals surface area contributed by atoms with E-state index in [-0.39, 0.29) is 5.56 Å². The number of ether oxygens (including phenoxy) is 1. The first kappa shape index (κ1) is 18.7. The summed E-state index contributed by atoms with van der Waals surface area (Å²) >= 11 is 0. The highest BCUT2D eigenvalue weighted by Gasteiger charge is 2.30. The fourth-order valence-corrected chi connectivity index (χ4v) is 2.65. The van der Waals surface area contributed by atoms with Gasteiger partial charge in [0.15, 0.2) is 0 Å². The lowest BCUT2D eigenvalue weighted by Gasteiger charge is -2.10. The Labute approximate surface area is 141 Å². The molecule has 0 saturated heterocycles. The van der Waals surface area contributed by atoms with Crippen LogP contribution in [0.1, 0.15) is 15.9 Å². The standard InChI is InChI=1S/C15H13F3N2O4S/c1-24-12-6-2-10(3-7-12)14(21)19-20-25(22,23)13-8-4-11(5-9-13)15(16,17)18/h2-9,20H,1H3,(H,19,21). The van der Waals surface area contributed by atoms with Crippen molar-refractivity contribution in [2.24, 2.45) is 0 Å². The van der Waals surface area contributed by atoms with Gasteiger partial charge in [-0.2, -0.15) is 13.2 Å². The third-order valence-electron chi connectivity index (χ3n) is 3.14. The number of nitrogens with one attached hydrogen (secondary N) is 2. The second-order valence-corrected chi connectivity index (χ2v) is 6.49. The molecule has 134 valence electrons. The van der Waals surface area contributed by atoms with Gasteiger partial charge in [0.1, 0.15) is 5.75 Å². The van der Waals surface area contributed by atoms with Crippen molar-refractivity contribution in [1.29, 1.82) is 0 Å². The molecule has 0 aromatic heterocycles. The van der Waals surface area contributed by atoms with E-state index in [9.17, 15) is 26.4 Å². The molecule has 2 aromatic carbocycles. The third kappa shape index (κ3) is 4.70. The van der Waals surface area contributed by atoms with Crippen molar-refractivity contribution in [2.75, 3.05) is 7.11 Å². The molecular formula is C15H13F3N2O4S. The minimum Gasteiger partial charge on any atom is -0.497 e. The number of carbonyl (C=O) groups excluding carboxylic acids is 1. The molecule has 0 fully saturated rings. The second-order valence-electron chi connectivity index (χ2n) is 4.81. The first-order valence-corrected chi connectivity index (χ1v) is 8.25. The van der Waals surface area contributed by atoms with Crippen molar-refractivity contribution >= 4 is 15.9 Å². The van der Waals surface area contributed by atoms with Crippen LogP contribution in [-0.4, -0.2) is 21.4 Å². The van der Waals surface area contributed by atoms with Crippen LogP contribution < -0.4 is 15.0 Å². The van der Waals surface area contributed by atoms with Gasteiger partial charge in [0.25, 0.3) is 15.9 Å². The number of benzene rings is 2. The molecule has 25 heavy (non-hydrogen) atoms. The molecule has 2 rings (SSSR count). The van der Waals surface area contributed by atoms with Crippen molar-refractivity contribution in [2.45, 2.75) is 11.1 Å². The number of halogens is 3. The van der Waals surface area contributed by atoms with Crippen LogP contribution in [0.25, 0.3) is 0 Å². The Morgan fingerprint density at radius 2 is 1.56 bits per heavy atom. The number of rotatable bonds is 5. The van der Waals surface area contributed by atoms with Crippen LogP contribution in [0.15, 0.2) is 53.4 Å². The van der Waals surface area contributed by atoms with Gasteiger partial charge in [-0.3, -0.25) is 10.2 Å². The highest BCUT2D eigenvalue weighted by molar-refractivity contribution is 7.89. The number of alkyl halides is 3. The minimum atomic E-state index is -4.57. The summed E-state index contributed by atoms with van der Waals surface area (Å²) in [5, 5.41) is 0. The molecule has 2 aromatic rings. The molecule has 0 atom stereocenters. The van der Waals surface area contributed by atoms with Crippen molar-refractivity contribution in [3.8, 4) is 5.75 Å². The van der Waals surface area contributed by atoms with E-state index in [4.69, 9.17) is 4.74 Å². The second kappa shape index (κ2) is 7.11. The Hall–Kier alpha value is -2.59. The molecule has 0 saturated carbocycles. The molecule has 1 amide bonds. The monoisotopic (exact) mass is 374 g/mol. The van der Waals surface area contributed by atoms with Gasteiger partial charge < -0.3 is 4.74 Å². The smallest absolute Gasteiger partial charge is 0.416 e. The summed E-state index contributed by atoms with van der Waals surface area (Å²) in [6, 6.07) is 8.73. The van der Waals surface area contributed by atoms with E-state index in [1.54, 1.807) is 0 Å². The highest BCUT2D eigenvalue weighted by Crippen LogP contribution is 2.29. The SMILES string of the molecule is COc1ccc(C(=O)NNS(=O)(=O)c2ccc(C(F)(F)F)cc2)cc1. The van der Waals surface area contributed by atoms with Gasteiger partial charge in [0, 0.05) is 5.56 Å². The molecule has 0 aliphatic carbocycles. The van der Waals surface area contributed by atoms with E-state index in [1.165, 1.54) is 31.4 Å². The molecule has 0 unspecified atom stereocenters. The van der Waals surface area contributed by atoms with E-state index in [0.29, 0.717) is 17.9 Å². The molecule has 10 heteroatoms. The number of hydrogen-bond donors (Lipinski definition) is 2. The van der Waals surface area contributed by atoms with Crippen LogP contribution in [0, 0.1) is 0 Å². The molecule has 0 spiro atoms. The zero-order valence-electron chi connectivity index (χ0n) is 12.8. The van der Waals surface area contributed by atoms with Crippen LogP contribution >= 0.6 is 0 Å². The highest BCUT2D eigenvalue weighted by atomic mass is 32.2. The topological polar surface area (TPSA) is 84.5 Å². The summed E-state index contributed by atoms with van der Waals surface area (Å²) in [6.07, 6.45) is -4.57. The van der Waals surface area contributed by atoms with Gasteiger partial charge in [-0.25, -0.2) is 8.42 Å². The van der Waals surface area contributed by atoms with E-state index >= 15 is 0 Å². The first-order chi connectivity index (χ1) is 11.6. The zero-order valence-corrected chi connectivity index (χ0v) is 13.6. The molecule has 0 bridgehead atoms. The van der Waals surface area contributed by atoms with Crippen LogP contribution in [0.2, 0.25) is 0 Å². The Morgan fingerprint density at radius 1 is 1.00 bits per heavy atom. The summed E-state index contributed by atoms with van der Waals surface area (Å²) in [7, 11) is -2.76. The van der Waals surface area contributed by atoms with E-state index < -0.39 is 32.6 Å². The normalized spacial score (nSPS) is 11.8. The fraction of sp³-hybridized carbons (Fsp3) is 0.133. The van der Waals surface area contributed by atoms with Gasteiger partial charge in [0.2, 0.25) is 0 Å². The largest absolute Gasteiger partial charge is 0.497 e. The van der Waals surface area contributed by atoms with Crippen LogP contribution in [0.4, 0.5) is 13.2 Å². The summed E-state index contributed by atoms with van der Waals surface area (Å²) in [6.45, 7) is 0. The van der Waals surface area contributed by atoms with Gasteiger partial charge in [-0.1, -0.05) is 0 Å². The zero-order chi connectivity index (χ0) is 18.7. The maximum Gasteiger partial charge on any atom is 0.416 e. The number of hydrogen-bond acceptors (Lipinski definition) is 4. The number of hydrazine groups is 1. The summed E-state index contributed by atoms with van der Waals surface area (Å²) in [5.74, 6) is -0.222. The third-order valence-corrected chi connectivity index (χ3v) is 4.41. The molecule has 2 N–H and O–H groups in total. The van der Waals surface area contributed by atoms with E-state index in [0.717, 1.165) is 12.1 Å². The van der Waals surface area contributed by atoms with Crippen molar-refractivity contribution < 1.29 is 31.1 Å². The quantitative estimate of drug-likeness (QED) is 0.787. The predicted molar refractivity (Wildman–Crippen MR) is 82.2 cm³/mol. The average molecular weight is 374 g/mol.